The molecule has 0 saturated carbocycles. The summed E-state index contributed by atoms with van der Waals surface area (Å²) in [5.74, 6) is 2.70. The van der Waals surface area contributed by atoms with E-state index in [0.717, 1.165) is 58.2 Å². The van der Waals surface area contributed by atoms with E-state index in [1.165, 1.54) is 0 Å². The van der Waals surface area contributed by atoms with Gasteiger partial charge in [-0.1, -0.05) is 18.2 Å². The fourth-order valence-electron chi connectivity index (χ4n) is 5.07. The Kier molecular flexibility index (Phi) is 5.95. The molecule has 184 valence electrons. The van der Waals surface area contributed by atoms with Crippen LogP contribution in [0.5, 0.6) is 11.5 Å². The Labute approximate surface area is 209 Å². The first-order chi connectivity index (χ1) is 17.7. The molecule has 0 radical (unpaired) electrons. The monoisotopic (exact) mass is 484 g/mol. The molecule has 2 aliphatic heterocycles. The summed E-state index contributed by atoms with van der Waals surface area (Å²) in [5.41, 5.74) is 4.64. The van der Waals surface area contributed by atoms with Crippen LogP contribution >= 0.6 is 0 Å². The maximum absolute atomic E-state index is 13.2. The zero-order valence-corrected chi connectivity index (χ0v) is 20.1. The number of ether oxygens (including phenoxy) is 3. The molecule has 8 nitrogen and oxygen atoms in total. The second-order valence-electron chi connectivity index (χ2n) is 9.15. The minimum Gasteiger partial charge on any atom is -0.497 e. The van der Waals surface area contributed by atoms with Gasteiger partial charge in [0.1, 0.15) is 17.3 Å². The molecule has 2 amide bonds. The van der Waals surface area contributed by atoms with E-state index in [4.69, 9.17) is 19.2 Å². The van der Waals surface area contributed by atoms with Crippen molar-refractivity contribution in [2.45, 2.75) is 25.4 Å². The quantitative estimate of drug-likeness (QED) is 0.426. The van der Waals surface area contributed by atoms with Crippen molar-refractivity contribution in [3.8, 4) is 22.8 Å². The number of methoxy groups -OCH3 is 1. The van der Waals surface area contributed by atoms with E-state index in [1.54, 1.807) is 7.11 Å². The van der Waals surface area contributed by atoms with Gasteiger partial charge in [0.25, 0.3) is 0 Å². The molecule has 1 saturated heterocycles. The van der Waals surface area contributed by atoms with Crippen LogP contribution in [0.15, 0.2) is 66.9 Å². The van der Waals surface area contributed by atoms with Crippen LogP contribution < -0.4 is 14.8 Å². The Balaban J connectivity index is 1.25. The lowest BCUT2D eigenvalue weighted by atomic mass is 9.97. The molecule has 2 aromatic heterocycles. The number of nitrogens with zero attached hydrogens (tertiary/aromatic N) is 3. The number of nitrogens with one attached hydrogen (secondary N) is 1. The minimum absolute atomic E-state index is 0.105. The summed E-state index contributed by atoms with van der Waals surface area (Å²) < 4.78 is 18.4. The van der Waals surface area contributed by atoms with Crippen molar-refractivity contribution in [3.05, 3.63) is 78.2 Å². The largest absolute Gasteiger partial charge is 0.497 e. The average Bonchev–Trinajstić information content (AvgIpc) is 3.33. The minimum atomic E-state index is -0.105. The fraction of sp³-hybridized carbons (Fsp3) is 0.286. The molecule has 4 aromatic rings. The molecule has 4 heterocycles. The van der Waals surface area contributed by atoms with Crippen molar-refractivity contribution >= 4 is 17.2 Å². The highest BCUT2D eigenvalue weighted by atomic mass is 16.7. The third-order valence-corrected chi connectivity index (χ3v) is 6.86. The van der Waals surface area contributed by atoms with E-state index in [2.05, 4.69) is 28.0 Å². The highest BCUT2D eigenvalue weighted by Crippen LogP contribution is 2.33. The number of pyridine rings is 1. The van der Waals surface area contributed by atoms with Crippen LogP contribution in [0.1, 0.15) is 30.1 Å². The first kappa shape index (κ1) is 22.4. The number of hydrogen-bond donors (Lipinski definition) is 1. The fourth-order valence-corrected chi connectivity index (χ4v) is 5.07. The maximum Gasteiger partial charge on any atom is 0.321 e. The van der Waals surface area contributed by atoms with Gasteiger partial charge in [0.15, 0.2) is 6.79 Å². The number of hydrogen-bond acceptors (Lipinski definition) is 5. The van der Waals surface area contributed by atoms with E-state index in [0.29, 0.717) is 19.7 Å². The summed E-state index contributed by atoms with van der Waals surface area (Å²) in [7, 11) is 1.67. The standard InChI is InChI=1S/C28H28N4O4/c1-34-23-8-4-6-19(15-23)26-24-9-2-3-13-32(24)27(30-26)20-7-5-12-31(16-20)28(33)29-22-10-11-25-21(14-22)17-35-18-36-25/h2-4,6,8-11,13-15,20H,5,7,12,16-18H2,1H3,(H,29,33)/t20-/m1/s1. The molecular formula is C28H28N4O4. The SMILES string of the molecule is COc1cccc(-c2nc([C@@H]3CCCN(C(=O)Nc4ccc5c(c4)COCO5)C3)n3ccccc23)c1. The summed E-state index contributed by atoms with van der Waals surface area (Å²) >= 11 is 0. The molecule has 2 aliphatic rings. The third kappa shape index (κ3) is 4.24. The molecule has 0 unspecified atom stereocenters. The molecule has 0 bridgehead atoms. The number of urea groups is 1. The number of carbonyl (C=O) groups is 1. The second kappa shape index (κ2) is 9.54. The molecular weight excluding hydrogens is 456 g/mol. The van der Waals surface area contributed by atoms with Gasteiger partial charge in [0, 0.05) is 42.0 Å². The molecule has 36 heavy (non-hydrogen) atoms. The van der Waals surface area contributed by atoms with Gasteiger partial charge in [-0.2, -0.15) is 0 Å². The van der Waals surface area contributed by atoms with Crippen LogP contribution in [-0.4, -0.2) is 47.3 Å². The van der Waals surface area contributed by atoms with Gasteiger partial charge in [-0.3, -0.25) is 0 Å². The Morgan fingerprint density at radius 3 is 3.00 bits per heavy atom. The lowest BCUT2D eigenvalue weighted by molar-refractivity contribution is -0.0163. The van der Waals surface area contributed by atoms with Crippen molar-refractivity contribution in [1.29, 1.82) is 0 Å². The molecule has 2 aromatic carbocycles. The van der Waals surface area contributed by atoms with E-state index in [9.17, 15) is 4.79 Å². The molecule has 1 N–H and O–H groups in total. The smallest absolute Gasteiger partial charge is 0.321 e. The zero-order valence-electron chi connectivity index (χ0n) is 20.1. The number of likely N-dealkylation sites (tertiary alicyclic amines) is 1. The van der Waals surface area contributed by atoms with Gasteiger partial charge < -0.3 is 28.8 Å². The van der Waals surface area contributed by atoms with Crippen LogP contribution in [0.3, 0.4) is 0 Å². The Hall–Kier alpha value is -4.04. The molecule has 1 fully saturated rings. The van der Waals surface area contributed by atoms with Crippen LogP contribution in [0.2, 0.25) is 0 Å². The number of imidazole rings is 1. The highest BCUT2D eigenvalue weighted by molar-refractivity contribution is 5.89. The number of carbonyl (C=O) groups excluding carboxylic acids is 1. The van der Waals surface area contributed by atoms with Gasteiger partial charge in [0.2, 0.25) is 0 Å². The zero-order chi connectivity index (χ0) is 24.5. The molecule has 0 aliphatic carbocycles. The summed E-state index contributed by atoms with van der Waals surface area (Å²) in [6, 6.07) is 19.7. The Morgan fingerprint density at radius 1 is 1.14 bits per heavy atom. The molecule has 0 spiro atoms. The summed E-state index contributed by atoms with van der Waals surface area (Å²) in [4.78, 5) is 20.2. The second-order valence-corrected chi connectivity index (χ2v) is 9.15. The van der Waals surface area contributed by atoms with Crippen molar-refractivity contribution in [2.75, 3.05) is 32.3 Å². The number of amides is 2. The van der Waals surface area contributed by atoms with Crippen LogP contribution in [0, 0.1) is 0 Å². The van der Waals surface area contributed by atoms with Crippen LogP contribution in [-0.2, 0) is 11.3 Å². The normalized spacial score (nSPS) is 17.4. The van der Waals surface area contributed by atoms with Gasteiger partial charge in [-0.05, 0) is 55.3 Å². The van der Waals surface area contributed by atoms with Gasteiger partial charge >= 0.3 is 6.03 Å². The van der Waals surface area contributed by atoms with E-state index < -0.39 is 0 Å². The summed E-state index contributed by atoms with van der Waals surface area (Å²) in [6.07, 6.45) is 3.95. The molecule has 8 heteroatoms. The number of piperidine rings is 1. The van der Waals surface area contributed by atoms with Crippen LogP contribution in [0.4, 0.5) is 10.5 Å². The molecule has 6 rings (SSSR count). The third-order valence-electron chi connectivity index (χ3n) is 6.86. The van der Waals surface area contributed by atoms with E-state index in [1.807, 2.05) is 53.4 Å². The lowest BCUT2D eigenvalue weighted by Gasteiger charge is -2.32. The first-order valence-electron chi connectivity index (χ1n) is 12.2. The average molecular weight is 485 g/mol. The number of aromatic nitrogens is 2. The van der Waals surface area contributed by atoms with Gasteiger partial charge in [0.05, 0.1) is 24.9 Å². The van der Waals surface area contributed by atoms with Gasteiger partial charge in [-0.25, -0.2) is 9.78 Å². The van der Waals surface area contributed by atoms with E-state index in [-0.39, 0.29) is 18.7 Å². The topological polar surface area (TPSA) is 77.3 Å². The number of rotatable bonds is 4. The van der Waals surface area contributed by atoms with Gasteiger partial charge in [-0.15, -0.1) is 0 Å². The van der Waals surface area contributed by atoms with Crippen LogP contribution in [0.25, 0.3) is 16.8 Å². The predicted octanol–water partition coefficient (Wildman–Crippen LogP) is 5.29. The number of anilines is 1. The predicted molar refractivity (Wildman–Crippen MR) is 136 cm³/mol. The summed E-state index contributed by atoms with van der Waals surface area (Å²) in [5, 5.41) is 3.05. The number of fused-ring (bicyclic) bond motifs is 2. The number of benzene rings is 2. The molecule has 1 atom stereocenters. The highest BCUT2D eigenvalue weighted by Gasteiger charge is 2.29. The first-order valence-corrected chi connectivity index (χ1v) is 12.2. The Bertz CT molecular complexity index is 1420. The van der Waals surface area contributed by atoms with Crippen molar-refractivity contribution in [2.24, 2.45) is 0 Å². The summed E-state index contributed by atoms with van der Waals surface area (Å²) in [6.45, 7) is 2.06. The van der Waals surface area contributed by atoms with Crippen molar-refractivity contribution in [3.63, 3.8) is 0 Å². The van der Waals surface area contributed by atoms with Crippen molar-refractivity contribution < 1.29 is 19.0 Å². The van der Waals surface area contributed by atoms with E-state index >= 15 is 0 Å². The lowest BCUT2D eigenvalue weighted by Crippen LogP contribution is -2.42. The van der Waals surface area contributed by atoms with Crippen molar-refractivity contribution in [1.82, 2.24) is 14.3 Å². The Morgan fingerprint density at radius 2 is 2.08 bits per heavy atom. The maximum atomic E-state index is 13.2.